The summed E-state index contributed by atoms with van der Waals surface area (Å²) in [6.07, 6.45) is 1.69. The summed E-state index contributed by atoms with van der Waals surface area (Å²) < 4.78 is 27.9. The normalized spacial score (nSPS) is 18.8. The summed E-state index contributed by atoms with van der Waals surface area (Å²) in [6.45, 7) is 4.55. The van der Waals surface area contributed by atoms with E-state index in [1.807, 2.05) is 32.0 Å². The van der Waals surface area contributed by atoms with Crippen LogP contribution < -0.4 is 14.2 Å². The van der Waals surface area contributed by atoms with Gasteiger partial charge in [-0.15, -0.1) is 0 Å². The van der Waals surface area contributed by atoms with E-state index >= 15 is 0 Å². The molecule has 24 heavy (non-hydrogen) atoms. The summed E-state index contributed by atoms with van der Waals surface area (Å²) in [4.78, 5) is 4.54. The molecule has 3 heterocycles. The predicted octanol–water partition coefficient (Wildman–Crippen LogP) is 3.55. The molecule has 4 rings (SSSR count). The zero-order valence-electron chi connectivity index (χ0n) is 14.1. The molecule has 0 bridgehead atoms. The van der Waals surface area contributed by atoms with E-state index in [1.54, 1.807) is 20.5 Å². The van der Waals surface area contributed by atoms with Crippen molar-refractivity contribution in [1.29, 1.82) is 0 Å². The molecule has 0 aliphatic carbocycles. The van der Waals surface area contributed by atoms with E-state index in [2.05, 4.69) is 4.98 Å². The number of hydrogen-bond donors (Lipinski definition) is 0. The molecule has 126 valence electrons. The molecule has 1 aromatic carbocycles. The third kappa shape index (κ3) is 2.34. The molecule has 0 amide bonds. The molecular formula is C18H19NO5. The van der Waals surface area contributed by atoms with E-state index in [1.165, 1.54) is 0 Å². The Morgan fingerprint density at radius 3 is 2.58 bits per heavy atom. The molecule has 1 atom stereocenters. The lowest BCUT2D eigenvalue weighted by Crippen LogP contribution is -2.12. The van der Waals surface area contributed by atoms with Gasteiger partial charge >= 0.3 is 0 Å². The van der Waals surface area contributed by atoms with Gasteiger partial charge in [-0.25, -0.2) is 4.98 Å². The summed E-state index contributed by atoms with van der Waals surface area (Å²) in [7, 11) is 3.24. The van der Waals surface area contributed by atoms with E-state index in [0.29, 0.717) is 29.6 Å². The van der Waals surface area contributed by atoms with Crippen molar-refractivity contribution in [2.24, 2.45) is 0 Å². The lowest BCUT2D eigenvalue weighted by atomic mass is 10.1. The van der Waals surface area contributed by atoms with Crippen molar-refractivity contribution in [2.45, 2.75) is 25.6 Å². The second kappa shape index (κ2) is 5.27. The third-order valence-corrected chi connectivity index (χ3v) is 4.40. The first-order valence-corrected chi connectivity index (χ1v) is 7.77. The first-order chi connectivity index (χ1) is 11.5. The standard InChI is InChI=1S/C18H19NO5/c1-18(2)15(24-18)9-23-14-8-12-11(7-13(14)20-3)16(21-4)10-5-6-22-17(10)19-12/h5-8,15H,9H2,1-4H3. The first kappa shape index (κ1) is 15.1. The average molecular weight is 329 g/mol. The van der Waals surface area contributed by atoms with Gasteiger partial charge in [-0.05, 0) is 26.0 Å². The second-order valence-electron chi connectivity index (χ2n) is 6.33. The number of pyridine rings is 1. The molecule has 6 heteroatoms. The number of nitrogens with zero attached hydrogens (tertiary/aromatic N) is 1. The molecule has 6 nitrogen and oxygen atoms in total. The quantitative estimate of drug-likeness (QED) is 0.667. The highest BCUT2D eigenvalue weighted by molar-refractivity contribution is 6.00. The topological polar surface area (TPSA) is 66.2 Å². The van der Waals surface area contributed by atoms with Crippen LogP contribution in [-0.2, 0) is 4.74 Å². The third-order valence-electron chi connectivity index (χ3n) is 4.40. The summed E-state index contributed by atoms with van der Waals surface area (Å²) in [5, 5.41) is 1.67. The van der Waals surface area contributed by atoms with Crippen LogP contribution in [0.15, 0.2) is 28.9 Å². The fourth-order valence-corrected chi connectivity index (χ4v) is 2.86. The summed E-state index contributed by atoms with van der Waals surface area (Å²) >= 11 is 0. The summed E-state index contributed by atoms with van der Waals surface area (Å²) in [6, 6.07) is 5.56. The fraction of sp³-hybridized carbons (Fsp3) is 0.389. The fourth-order valence-electron chi connectivity index (χ4n) is 2.86. The molecule has 0 spiro atoms. The highest BCUT2D eigenvalue weighted by Crippen LogP contribution is 2.41. The Labute approximate surface area is 139 Å². The minimum Gasteiger partial charge on any atom is -0.495 e. The maximum absolute atomic E-state index is 5.90. The number of epoxide rings is 1. The van der Waals surface area contributed by atoms with Crippen LogP contribution in [-0.4, -0.2) is 37.5 Å². The number of aromatic nitrogens is 1. The average Bonchev–Trinajstić information content (AvgIpc) is 2.95. The van der Waals surface area contributed by atoms with Crippen molar-refractivity contribution in [2.75, 3.05) is 20.8 Å². The first-order valence-electron chi connectivity index (χ1n) is 7.77. The summed E-state index contributed by atoms with van der Waals surface area (Å²) in [5.74, 6) is 1.96. The molecule has 1 fully saturated rings. The van der Waals surface area contributed by atoms with E-state index < -0.39 is 0 Å². The molecule has 3 aromatic rings. The number of rotatable bonds is 5. The second-order valence-corrected chi connectivity index (χ2v) is 6.33. The van der Waals surface area contributed by atoms with Gasteiger partial charge in [0.05, 0.1) is 37.0 Å². The van der Waals surface area contributed by atoms with Crippen molar-refractivity contribution in [3.05, 3.63) is 24.5 Å². The number of benzene rings is 1. The minimum absolute atomic E-state index is 0.0907. The Balaban J connectivity index is 1.78. The SMILES string of the molecule is COc1cc2c(OC)c3ccoc3nc2cc1OCC1OC1(C)C. The molecule has 2 aromatic heterocycles. The largest absolute Gasteiger partial charge is 0.495 e. The number of furan rings is 1. The van der Waals surface area contributed by atoms with Crippen molar-refractivity contribution in [3.63, 3.8) is 0 Å². The Bertz CT molecular complexity index is 915. The van der Waals surface area contributed by atoms with Crippen molar-refractivity contribution in [1.82, 2.24) is 4.98 Å². The van der Waals surface area contributed by atoms with Crippen LogP contribution in [0.2, 0.25) is 0 Å². The van der Waals surface area contributed by atoms with Gasteiger partial charge in [0.25, 0.3) is 0 Å². The lowest BCUT2D eigenvalue weighted by molar-refractivity contribution is 0.246. The number of ether oxygens (including phenoxy) is 4. The van der Waals surface area contributed by atoms with E-state index in [9.17, 15) is 0 Å². The molecule has 1 saturated heterocycles. The molecular weight excluding hydrogens is 310 g/mol. The van der Waals surface area contributed by atoms with Crippen LogP contribution in [0.5, 0.6) is 17.2 Å². The Kier molecular flexibility index (Phi) is 3.31. The smallest absolute Gasteiger partial charge is 0.230 e. The molecule has 1 aliphatic rings. The Hall–Kier alpha value is -2.47. The molecule has 1 unspecified atom stereocenters. The zero-order chi connectivity index (χ0) is 16.9. The van der Waals surface area contributed by atoms with Gasteiger partial charge in [-0.3, -0.25) is 0 Å². The summed E-state index contributed by atoms with van der Waals surface area (Å²) in [5.41, 5.74) is 1.13. The van der Waals surface area contributed by atoms with E-state index in [-0.39, 0.29) is 11.7 Å². The molecule has 0 N–H and O–H groups in total. The van der Waals surface area contributed by atoms with Gasteiger partial charge in [0.2, 0.25) is 5.71 Å². The highest BCUT2D eigenvalue weighted by atomic mass is 16.6. The Morgan fingerprint density at radius 2 is 1.92 bits per heavy atom. The van der Waals surface area contributed by atoms with Crippen LogP contribution in [0.4, 0.5) is 0 Å². The monoisotopic (exact) mass is 329 g/mol. The van der Waals surface area contributed by atoms with Crippen LogP contribution in [0.1, 0.15) is 13.8 Å². The highest BCUT2D eigenvalue weighted by Gasteiger charge is 2.48. The van der Waals surface area contributed by atoms with Crippen molar-refractivity contribution >= 4 is 22.0 Å². The van der Waals surface area contributed by atoms with Gasteiger partial charge in [-0.2, -0.15) is 0 Å². The van der Waals surface area contributed by atoms with Crippen LogP contribution in [0, 0.1) is 0 Å². The predicted molar refractivity (Wildman–Crippen MR) is 89.1 cm³/mol. The lowest BCUT2D eigenvalue weighted by Gasteiger charge is -2.13. The van der Waals surface area contributed by atoms with Crippen LogP contribution in [0.25, 0.3) is 22.0 Å². The van der Waals surface area contributed by atoms with E-state index in [0.717, 1.165) is 16.3 Å². The molecule has 1 aliphatic heterocycles. The zero-order valence-corrected chi connectivity index (χ0v) is 14.1. The molecule has 0 saturated carbocycles. The van der Waals surface area contributed by atoms with Crippen molar-refractivity contribution < 1.29 is 23.4 Å². The Morgan fingerprint density at radius 1 is 1.12 bits per heavy atom. The molecule has 0 radical (unpaired) electrons. The minimum atomic E-state index is -0.119. The van der Waals surface area contributed by atoms with Crippen LogP contribution in [0.3, 0.4) is 0 Å². The van der Waals surface area contributed by atoms with Gasteiger partial charge < -0.3 is 23.4 Å². The maximum atomic E-state index is 5.90. The van der Waals surface area contributed by atoms with Crippen molar-refractivity contribution in [3.8, 4) is 17.2 Å². The van der Waals surface area contributed by atoms with Gasteiger partial charge in [0.1, 0.15) is 18.5 Å². The van der Waals surface area contributed by atoms with E-state index in [4.69, 9.17) is 23.4 Å². The van der Waals surface area contributed by atoms with Gasteiger partial charge in [0, 0.05) is 11.5 Å². The maximum Gasteiger partial charge on any atom is 0.230 e. The number of hydrogen-bond acceptors (Lipinski definition) is 6. The number of fused-ring (bicyclic) bond motifs is 2. The van der Waals surface area contributed by atoms with Gasteiger partial charge in [-0.1, -0.05) is 0 Å². The number of methoxy groups -OCH3 is 2. The van der Waals surface area contributed by atoms with Crippen LogP contribution >= 0.6 is 0 Å². The van der Waals surface area contributed by atoms with Gasteiger partial charge in [0.15, 0.2) is 11.5 Å².